The highest BCUT2D eigenvalue weighted by molar-refractivity contribution is 14.1. The van der Waals surface area contributed by atoms with Crippen LogP contribution in [-0.4, -0.2) is 26.4 Å². The third-order valence-electron chi connectivity index (χ3n) is 2.89. The van der Waals surface area contributed by atoms with Crippen molar-refractivity contribution in [3.05, 3.63) is 34.9 Å². The topological polar surface area (TPSA) is 40.5 Å². The van der Waals surface area contributed by atoms with Crippen LogP contribution < -0.4 is 0 Å². The molecule has 1 unspecified atom stereocenters. The Hall–Kier alpha value is -0.750. The average molecular weight is 378 g/mol. The Morgan fingerprint density at radius 2 is 2.28 bits per heavy atom. The zero-order valence-corrected chi connectivity index (χ0v) is 12.8. The Labute approximate surface area is 125 Å². The van der Waals surface area contributed by atoms with Crippen LogP contribution in [0.25, 0.3) is 5.70 Å². The fraction of sp³-hybridized carbons (Fsp3) is 0.308. The van der Waals surface area contributed by atoms with Gasteiger partial charge >= 0.3 is 0 Å². The molecule has 1 aliphatic rings. The first-order valence-corrected chi connectivity index (χ1v) is 7.31. The second-order valence-corrected chi connectivity index (χ2v) is 5.95. The third-order valence-corrected chi connectivity index (χ3v) is 4.24. The fourth-order valence-electron chi connectivity index (χ4n) is 2.01. The highest BCUT2D eigenvalue weighted by Crippen LogP contribution is 2.34. The molecule has 2 rings (SSSR count). The standard InChI is InChI=1S/C13H13ClINO2/c1-2-16-12(6-5-11(15)13(16)18)9-4-3-8(17)7-10(9)14/h3-4,6-7,11,17H,2,5H2,1H3. The lowest BCUT2D eigenvalue weighted by molar-refractivity contribution is -0.127. The van der Waals surface area contributed by atoms with E-state index in [-0.39, 0.29) is 15.6 Å². The number of amides is 1. The lowest BCUT2D eigenvalue weighted by atomic mass is 10.0. The summed E-state index contributed by atoms with van der Waals surface area (Å²) in [4.78, 5) is 13.8. The number of hydrogen-bond donors (Lipinski definition) is 1. The monoisotopic (exact) mass is 377 g/mol. The summed E-state index contributed by atoms with van der Waals surface area (Å²) in [5.74, 6) is 0.237. The Kier molecular flexibility index (Phi) is 4.17. The first-order chi connectivity index (χ1) is 8.54. The summed E-state index contributed by atoms with van der Waals surface area (Å²) in [7, 11) is 0. The number of phenols is 1. The molecular formula is C13H13ClINO2. The summed E-state index contributed by atoms with van der Waals surface area (Å²) in [6.07, 6.45) is 2.74. The molecule has 3 nitrogen and oxygen atoms in total. The number of benzene rings is 1. The molecule has 0 fully saturated rings. The van der Waals surface area contributed by atoms with Crippen LogP contribution in [0, 0.1) is 0 Å². The largest absolute Gasteiger partial charge is 0.508 e. The predicted octanol–water partition coefficient (Wildman–Crippen LogP) is 3.44. The Morgan fingerprint density at radius 1 is 1.56 bits per heavy atom. The number of rotatable bonds is 2. The number of aromatic hydroxyl groups is 1. The van der Waals surface area contributed by atoms with Gasteiger partial charge in [0.2, 0.25) is 5.91 Å². The van der Waals surface area contributed by atoms with Crippen molar-refractivity contribution in [1.82, 2.24) is 4.90 Å². The maximum absolute atomic E-state index is 12.1. The van der Waals surface area contributed by atoms with Crippen molar-refractivity contribution in [2.24, 2.45) is 0 Å². The molecule has 1 aromatic carbocycles. The van der Waals surface area contributed by atoms with E-state index >= 15 is 0 Å². The molecule has 1 N–H and O–H groups in total. The van der Waals surface area contributed by atoms with E-state index < -0.39 is 0 Å². The van der Waals surface area contributed by atoms with Gasteiger partial charge in [-0.2, -0.15) is 0 Å². The van der Waals surface area contributed by atoms with Crippen LogP contribution in [0.5, 0.6) is 5.75 Å². The predicted molar refractivity (Wildman–Crippen MR) is 80.9 cm³/mol. The number of allylic oxidation sites excluding steroid dienone is 1. The highest BCUT2D eigenvalue weighted by atomic mass is 127. The molecule has 0 radical (unpaired) electrons. The van der Waals surface area contributed by atoms with E-state index in [0.717, 1.165) is 11.3 Å². The molecule has 5 heteroatoms. The number of hydrogen-bond acceptors (Lipinski definition) is 2. The van der Waals surface area contributed by atoms with E-state index in [9.17, 15) is 9.90 Å². The number of carbonyl (C=O) groups is 1. The number of nitrogens with zero attached hydrogens (tertiary/aromatic N) is 1. The minimum atomic E-state index is -0.0119. The quantitative estimate of drug-likeness (QED) is 0.633. The molecule has 18 heavy (non-hydrogen) atoms. The number of carbonyl (C=O) groups excluding carboxylic acids is 1. The SMILES string of the molecule is CCN1C(=O)C(I)CC=C1c1ccc(O)cc1Cl. The second kappa shape index (κ2) is 5.48. The van der Waals surface area contributed by atoms with Gasteiger partial charge in [0.25, 0.3) is 0 Å². The summed E-state index contributed by atoms with van der Waals surface area (Å²) in [5, 5.41) is 9.83. The van der Waals surface area contributed by atoms with Gasteiger partial charge in [0.05, 0.1) is 8.95 Å². The smallest absolute Gasteiger partial charge is 0.240 e. The molecule has 0 spiro atoms. The van der Waals surface area contributed by atoms with E-state index in [4.69, 9.17) is 11.6 Å². The molecule has 0 aliphatic carbocycles. The van der Waals surface area contributed by atoms with Gasteiger partial charge in [-0.1, -0.05) is 40.3 Å². The summed E-state index contributed by atoms with van der Waals surface area (Å²) in [6, 6.07) is 4.82. The maximum Gasteiger partial charge on any atom is 0.240 e. The van der Waals surface area contributed by atoms with Crippen molar-refractivity contribution >= 4 is 45.8 Å². The summed E-state index contributed by atoms with van der Waals surface area (Å²) in [5.41, 5.74) is 1.62. The van der Waals surface area contributed by atoms with Crippen molar-refractivity contribution in [2.75, 3.05) is 6.54 Å². The molecule has 1 aliphatic heterocycles. The maximum atomic E-state index is 12.1. The molecule has 0 aromatic heterocycles. The van der Waals surface area contributed by atoms with E-state index in [0.29, 0.717) is 18.0 Å². The number of phenolic OH excluding ortho intramolecular Hbond substituents is 1. The second-order valence-electron chi connectivity index (χ2n) is 4.04. The van der Waals surface area contributed by atoms with E-state index in [2.05, 4.69) is 22.6 Å². The first-order valence-electron chi connectivity index (χ1n) is 5.69. The van der Waals surface area contributed by atoms with Gasteiger partial charge in [-0.15, -0.1) is 0 Å². The molecule has 0 saturated heterocycles. The summed E-state index contributed by atoms with van der Waals surface area (Å²) >= 11 is 8.28. The summed E-state index contributed by atoms with van der Waals surface area (Å²) in [6.45, 7) is 2.55. The van der Waals surface area contributed by atoms with Gasteiger partial charge in [0.15, 0.2) is 0 Å². The highest BCUT2D eigenvalue weighted by Gasteiger charge is 2.28. The lowest BCUT2D eigenvalue weighted by Gasteiger charge is -2.30. The molecule has 96 valence electrons. The Balaban J connectivity index is 2.45. The molecule has 1 heterocycles. The van der Waals surface area contributed by atoms with Crippen LogP contribution >= 0.6 is 34.2 Å². The van der Waals surface area contributed by atoms with Crippen LogP contribution in [0.4, 0.5) is 0 Å². The first kappa shape index (κ1) is 13.7. The molecule has 0 bridgehead atoms. The molecule has 1 atom stereocenters. The van der Waals surface area contributed by atoms with Crippen LogP contribution in [0.15, 0.2) is 24.3 Å². The van der Waals surface area contributed by atoms with Crippen molar-refractivity contribution < 1.29 is 9.90 Å². The Morgan fingerprint density at radius 3 is 2.89 bits per heavy atom. The minimum Gasteiger partial charge on any atom is -0.508 e. The van der Waals surface area contributed by atoms with Gasteiger partial charge in [-0.3, -0.25) is 4.79 Å². The zero-order chi connectivity index (χ0) is 13.3. The minimum absolute atomic E-state index is 0.0119. The van der Waals surface area contributed by atoms with Crippen molar-refractivity contribution in [1.29, 1.82) is 0 Å². The van der Waals surface area contributed by atoms with E-state index in [1.807, 2.05) is 13.0 Å². The summed E-state index contributed by atoms with van der Waals surface area (Å²) < 4.78 is -0.0119. The molecular weight excluding hydrogens is 365 g/mol. The van der Waals surface area contributed by atoms with Gasteiger partial charge in [-0.25, -0.2) is 0 Å². The Bertz CT molecular complexity index is 516. The van der Waals surface area contributed by atoms with Crippen LogP contribution in [0.1, 0.15) is 18.9 Å². The van der Waals surface area contributed by atoms with E-state index in [1.165, 1.54) is 6.07 Å². The van der Waals surface area contributed by atoms with Crippen molar-refractivity contribution in [3.8, 4) is 5.75 Å². The lowest BCUT2D eigenvalue weighted by Crippen LogP contribution is -2.38. The van der Waals surface area contributed by atoms with Crippen molar-refractivity contribution in [2.45, 2.75) is 17.3 Å². The van der Waals surface area contributed by atoms with Crippen LogP contribution in [0.3, 0.4) is 0 Å². The molecule has 1 amide bonds. The van der Waals surface area contributed by atoms with Gasteiger partial charge in [0.1, 0.15) is 5.75 Å². The number of alkyl halides is 1. The fourth-order valence-corrected chi connectivity index (χ4v) is 2.87. The van der Waals surface area contributed by atoms with Crippen molar-refractivity contribution in [3.63, 3.8) is 0 Å². The number of halogens is 2. The van der Waals surface area contributed by atoms with E-state index in [1.54, 1.807) is 17.0 Å². The molecule has 0 saturated carbocycles. The molecule has 1 aromatic rings. The van der Waals surface area contributed by atoms with Gasteiger partial charge < -0.3 is 10.0 Å². The van der Waals surface area contributed by atoms with Gasteiger partial charge in [-0.05, 0) is 31.5 Å². The van der Waals surface area contributed by atoms with Crippen LogP contribution in [-0.2, 0) is 4.79 Å². The normalized spacial score (nSPS) is 19.9. The van der Waals surface area contributed by atoms with Gasteiger partial charge in [0, 0.05) is 17.8 Å². The van der Waals surface area contributed by atoms with Crippen LogP contribution in [0.2, 0.25) is 5.02 Å². The third kappa shape index (κ3) is 2.49. The average Bonchev–Trinajstić information content (AvgIpc) is 2.33. The zero-order valence-electron chi connectivity index (χ0n) is 9.86.